The van der Waals surface area contributed by atoms with Crippen LogP contribution in [0.15, 0.2) is 24.3 Å². The molecule has 0 spiro atoms. The lowest BCUT2D eigenvalue weighted by molar-refractivity contribution is 0.00578. The first-order valence-electron chi connectivity index (χ1n) is 6.82. The average Bonchev–Trinajstić information content (AvgIpc) is 2.52. The van der Waals surface area contributed by atoms with Gasteiger partial charge in [0.05, 0.1) is 11.2 Å². The fraction of sp³-hybridized carbons (Fsp3) is 0.600. The molecule has 1 aromatic rings. The number of alkyl halides is 2. The Labute approximate surface area is 119 Å². The van der Waals surface area contributed by atoms with Gasteiger partial charge in [-0.05, 0) is 40.2 Å². The zero-order valence-electron chi connectivity index (χ0n) is 12.7. The second-order valence-electron chi connectivity index (χ2n) is 6.51. The van der Waals surface area contributed by atoms with Gasteiger partial charge in [0.1, 0.15) is 0 Å². The molecule has 20 heavy (non-hydrogen) atoms. The summed E-state index contributed by atoms with van der Waals surface area (Å²) in [6.45, 7) is 9.02. The van der Waals surface area contributed by atoms with E-state index in [-0.39, 0.29) is 6.42 Å². The number of halogens is 2. The van der Waals surface area contributed by atoms with Crippen LogP contribution in [-0.2, 0) is 15.7 Å². The van der Waals surface area contributed by atoms with Crippen molar-refractivity contribution in [1.82, 2.24) is 0 Å². The van der Waals surface area contributed by atoms with Crippen molar-refractivity contribution < 1.29 is 18.1 Å². The van der Waals surface area contributed by atoms with E-state index < -0.39 is 24.1 Å². The summed E-state index contributed by atoms with van der Waals surface area (Å²) < 4.78 is 39.6. The Morgan fingerprint density at radius 1 is 1.00 bits per heavy atom. The van der Waals surface area contributed by atoms with Crippen LogP contribution >= 0.6 is 0 Å². The van der Waals surface area contributed by atoms with Gasteiger partial charge in [-0.2, -0.15) is 0 Å². The summed E-state index contributed by atoms with van der Waals surface area (Å²) >= 11 is 0. The quantitative estimate of drug-likeness (QED) is 0.785. The van der Waals surface area contributed by atoms with Gasteiger partial charge in [0.2, 0.25) is 0 Å². The minimum absolute atomic E-state index is 0.385. The summed E-state index contributed by atoms with van der Waals surface area (Å²) in [6, 6.07) is 7.09. The third kappa shape index (κ3) is 2.89. The molecule has 110 valence electrons. The highest BCUT2D eigenvalue weighted by atomic mass is 19.3. The van der Waals surface area contributed by atoms with Crippen molar-refractivity contribution in [3.8, 4) is 0 Å². The topological polar surface area (TPSA) is 18.5 Å². The van der Waals surface area contributed by atoms with Crippen LogP contribution < -0.4 is 0 Å². The zero-order valence-corrected chi connectivity index (χ0v) is 12.7. The van der Waals surface area contributed by atoms with E-state index in [1.54, 1.807) is 39.8 Å². The molecule has 0 atom stereocenters. The minimum Gasteiger partial charge on any atom is -0.399 e. The molecule has 0 bridgehead atoms. The zero-order chi connectivity index (χ0) is 15.2. The van der Waals surface area contributed by atoms with Crippen LogP contribution in [0.2, 0.25) is 0 Å². The van der Waals surface area contributed by atoms with Gasteiger partial charge < -0.3 is 9.31 Å². The highest BCUT2D eigenvalue weighted by molar-refractivity contribution is 6.48. The van der Waals surface area contributed by atoms with Crippen LogP contribution in [0.4, 0.5) is 8.78 Å². The molecule has 1 heterocycles. The molecule has 0 N–H and O–H groups in total. The van der Waals surface area contributed by atoms with Gasteiger partial charge >= 0.3 is 7.12 Å². The lowest BCUT2D eigenvalue weighted by atomic mass is 9.76. The van der Waals surface area contributed by atoms with E-state index in [4.69, 9.17) is 9.31 Å². The third-order valence-corrected chi connectivity index (χ3v) is 4.16. The lowest BCUT2D eigenvalue weighted by Crippen LogP contribution is -2.42. The molecule has 1 saturated heterocycles. The second kappa shape index (κ2) is 4.81. The Kier molecular flexibility index (Phi) is 3.72. The molecule has 0 saturated carbocycles. The lowest BCUT2D eigenvalue weighted by Gasteiger charge is -2.32. The molecule has 0 unspecified atom stereocenters. The molecule has 0 aliphatic carbocycles. The van der Waals surface area contributed by atoms with E-state index in [9.17, 15) is 8.78 Å². The average molecular weight is 282 g/mol. The second-order valence-corrected chi connectivity index (χ2v) is 6.51. The number of aryl methyl sites for hydroxylation is 1. The van der Waals surface area contributed by atoms with E-state index in [1.807, 2.05) is 19.1 Å². The maximum absolute atomic E-state index is 14.4. The molecule has 0 amide bonds. The van der Waals surface area contributed by atoms with Gasteiger partial charge in [0.15, 0.2) is 0 Å². The number of benzene rings is 1. The van der Waals surface area contributed by atoms with Crippen molar-refractivity contribution in [2.75, 3.05) is 0 Å². The number of hydrogen-bond donors (Lipinski definition) is 0. The predicted molar refractivity (Wildman–Crippen MR) is 75.9 cm³/mol. The molecule has 1 fully saturated rings. The van der Waals surface area contributed by atoms with Crippen LogP contribution in [0.1, 0.15) is 38.8 Å². The van der Waals surface area contributed by atoms with Gasteiger partial charge in [0.25, 0.3) is 5.82 Å². The van der Waals surface area contributed by atoms with E-state index in [0.717, 1.165) is 5.56 Å². The summed E-state index contributed by atoms with van der Waals surface area (Å²) in [5.74, 6) is -3.06. The highest BCUT2D eigenvalue weighted by Crippen LogP contribution is 2.41. The molecular formula is C15H21BF2O2. The molecule has 2 nitrogen and oxygen atoms in total. The van der Waals surface area contributed by atoms with Gasteiger partial charge in [-0.3, -0.25) is 0 Å². The normalized spacial score (nSPS) is 21.2. The minimum atomic E-state index is -3.06. The monoisotopic (exact) mass is 282 g/mol. The van der Waals surface area contributed by atoms with Crippen molar-refractivity contribution in [3.63, 3.8) is 0 Å². The molecular weight excluding hydrogens is 261 g/mol. The van der Waals surface area contributed by atoms with Crippen LogP contribution in [0.25, 0.3) is 0 Å². The Hall–Kier alpha value is -0.935. The molecule has 5 heteroatoms. The van der Waals surface area contributed by atoms with Crippen molar-refractivity contribution in [1.29, 1.82) is 0 Å². The largest absolute Gasteiger partial charge is 0.534 e. The molecule has 1 aliphatic rings. The maximum atomic E-state index is 14.4. The number of hydrogen-bond acceptors (Lipinski definition) is 2. The fourth-order valence-corrected chi connectivity index (χ4v) is 2.08. The van der Waals surface area contributed by atoms with Gasteiger partial charge in [0, 0.05) is 6.42 Å². The van der Waals surface area contributed by atoms with E-state index in [1.165, 1.54) is 0 Å². The van der Waals surface area contributed by atoms with Crippen molar-refractivity contribution in [3.05, 3.63) is 35.4 Å². The first-order valence-corrected chi connectivity index (χ1v) is 6.82. The smallest absolute Gasteiger partial charge is 0.399 e. The standard InChI is InChI=1S/C15H21BF2O2/c1-11-6-8-12(9-7-11)10-15(17,18)16-19-13(2,3)14(4,5)20-16/h6-9H,10H2,1-5H3. The van der Waals surface area contributed by atoms with Crippen LogP contribution in [-0.4, -0.2) is 24.1 Å². The van der Waals surface area contributed by atoms with Crippen molar-refractivity contribution in [2.24, 2.45) is 0 Å². The summed E-state index contributed by atoms with van der Waals surface area (Å²) in [4.78, 5) is 0. The summed E-state index contributed by atoms with van der Waals surface area (Å²) in [5, 5.41) is 0. The van der Waals surface area contributed by atoms with Gasteiger partial charge in [-0.25, -0.2) is 8.78 Å². The number of rotatable bonds is 3. The van der Waals surface area contributed by atoms with Gasteiger partial charge in [-0.15, -0.1) is 0 Å². The molecule has 0 aromatic heterocycles. The third-order valence-electron chi connectivity index (χ3n) is 4.16. The first-order chi connectivity index (χ1) is 9.03. The molecule has 1 aromatic carbocycles. The van der Waals surface area contributed by atoms with Gasteiger partial charge in [-0.1, -0.05) is 29.8 Å². The van der Waals surface area contributed by atoms with Crippen LogP contribution in [0.5, 0.6) is 0 Å². The summed E-state index contributed by atoms with van der Waals surface area (Å²) in [5.41, 5.74) is 0.144. The fourth-order valence-electron chi connectivity index (χ4n) is 2.08. The summed E-state index contributed by atoms with van der Waals surface area (Å²) in [6.07, 6.45) is -0.385. The van der Waals surface area contributed by atoms with Crippen molar-refractivity contribution in [2.45, 2.75) is 58.1 Å². The van der Waals surface area contributed by atoms with E-state index in [2.05, 4.69) is 0 Å². The van der Waals surface area contributed by atoms with Crippen molar-refractivity contribution >= 4 is 7.12 Å². The Balaban J connectivity index is 2.13. The van der Waals surface area contributed by atoms with Crippen LogP contribution in [0.3, 0.4) is 0 Å². The van der Waals surface area contributed by atoms with E-state index >= 15 is 0 Å². The Morgan fingerprint density at radius 2 is 1.45 bits per heavy atom. The Bertz CT molecular complexity index is 467. The molecule has 1 aliphatic heterocycles. The first kappa shape index (κ1) is 15.5. The summed E-state index contributed by atoms with van der Waals surface area (Å²) in [7, 11) is -1.51. The van der Waals surface area contributed by atoms with Crippen LogP contribution in [0, 0.1) is 6.92 Å². The highest BCUT2D eigenvalue weighted by Gasteiger charge is 2.61. The SMILES string of the molecule is Cc1ccc(CC(F)(F)B2OC(C)(C)C(C)(C)O2)cc1. The maximum Gasteiger partial charge on any atom is 0.534 e. The Morgan fingerprint density at radius 3 is 1.90 bits per heavy atom. The molecule has 0 radical (unpaired) electrons. The predicted octanol–water partition coefficient (Wildman–Crippen LogP) is 3.80. The molecule has 2 rings (SSSR count). The van der Waals surface area contributed by atoms with E-state index in [0.29, 0.717) is 5.56 Å².